The number of ether oxygens (including phenoxy) is 1. The van der Waals surface area contributed by atoms with E-state index in [1.165, 1.54) is 0 Å². The van der Waals surface area contributed by atoms with Crippen LogP contribution in [0.15, 0.2) is 18.2 Å². The Hall–Kier alpha value is -1.76. The summed E-state index contributed by atoms with van der Waals surface area (Å²) in [6.07, 6.45) is -5.29. The van der Waals surface area contributed by atoms with Crippen molar-refractivity contribution in [2.45, 2.75) is 32.5 Å². The first kappa shape index (κ1) is 15.6. The van der Waals surface area contributed by atoms with Crippen LogP contribution in [-0.2, 0) is 10.9 Å². The quantitative estimate of drug-likeness (QED) is 0.718. The summed E-state index contributed by atoms with van der Waals surface area (Å²) in [6, 6.07) is 2.84. The minimum atomic E-state index is -4.49. The van der Waals surface area contributed by atoms with E-state index in [1.54, 1.807) is 20.8 Å². The number of carbonyl (C=O) groups excluding carboxylic acids is 1. The molecule has 1 aromatic carbocycles. The van der Waals surface area contributed by atoms with Crippen LogP contribution in [0.1, 0.15) is 26.3 Å². The van der Waals surface area contributed by atoms with E-state index < -0.39 is 23.4 Å². The SMILES string of the molecule is CC(C)(C)OC(=O)n1c(Cl)nc2cc(C(F)(F)F)ccc21. The highest BCUT2D eigenvalue weighted by Crippen LogP contribution is 2.32. The first-order valence-electron chi connectivity index (χ1n) is 5.97. The molecule has 114 valence electrons. The number of hydrogen-bond acceptors (Lipinski definition) is 3. The molecule has 0 aliphatic heterocycles. The number of fused-ring (bicyclic) bond motifs is 1. The van der Waals surface area contributed by atoms with Gasteiger partial charge >= 0.3 is 12.3 Å². The molecule has 0 amide bonds. The molecule has 0 saturated carbocycles. The molecule has 1 heterocycles. The Bertz CT molecular complexity index is 702. The van der Waals surface area contributed by atoms with Crippen LogP contribution < -0.4 is 0 Å². The van der Waals surface area contributed by atoms with E-state index in [2.05, 4.69) is 4.98 Å². The largest absolute Gasteiger partial charge is 0.443 e. The van der Waals surface area contributed by atoms with Crippen LogP contribution in [-0.4, -0.2) is 21.2 Å². The summed E-state index contributed by atoms with van der Waals surface area (Å²) in [5.41, 5.74) is -1.49. The second-order valence-electron chi connectivity index (χ2n) is 5.40. The lowest BCUT2D eigenvalue weighted by atomic mass is 10.2. The topological polar surface area (TPSA) is 44.1 Å². The molecule has 0 saturated heterocycles. The highest BCUT2D eigenvalue weighted by molar-refractivity contribution is 6.30. The Balaban J connectivity index is 2.52. The number of hydrogen-bond donors (Lipinski definition) is 0. The fourth-order valence-corrected chi connectivity index (χ4v) is 1.96. The molecule has 4 nitrogen and oxygen atoms in total. The van der Waals surface area contributed by atoms with Crippen molar-refractivity contribution in [2.75, 3.05) is 0 Å². The van der Waals surface area contributed by atoms with Gasteiger partial charge in [0.25, 0.3) is 0 Å². The van der Waals surface area contributed by atoms with Crippen molar-refractivity contribution >= 4 is 28.7 Å². The van der Waals surface area contributed by atoms with E-state index in [4.69, 9.17) is 16.3 Å². The maximum atomic E-state index is 12.6. The number of halogens is 4. The molecular formula is C13H12ClF3N2O2. The molecule has 1 aromatic heterocycles. The molecular weight excluding hydrogens is 309 g/mol. The van der Waals surface area contributed by atoms with Crippen LogP contribution >= 0.6 is 11.6 Å². The Morgan fingerprint density at radius 3 is 2.43 bits per heavy atom. The molecule has 8 heteroatoms. The van der Waals surface area contributed by atoms with Crippen LogP contribution in [0.25, 0.3) is 11.0 Å². The van der Waals surface area contributed by atoms with Gasteiger partial charge in [-0.25, -0.2) is 14.3 Å². The third kappa shape index (κ3) is 3.29. The van der Waals surface area contributed by atoms with E-state index in [0.29, 0.717) is 0 Å². The number of alkyl halides is 3. The second-order valence-corrected chi connectivity index (χ2v) is 5.74. The number of imidazole rings is 1. The van der Waals surface area contributed by atoms with Crippen LogP contribution in [0.3, 0.4) is 0 Å². The van der Waals surface area contributed by atoms with Crippen molar-refractivity contribution < 1.29 is 22.7 Å². The summed E-state index contributed by atoms with van der Waals surface area (Å²) >= 11 is 5.83. The van der Waals surface area contributed by atoms with E-state index in [9.17, 15) is 18.0 Å². The Labute approximate surface area is 123 Å². The number of benzene rings is 1. The molecule has 0 aliphatic rings. The molecule has 0 bridgehead atoms. The van der Waals surface area contributed by atoms with Gasteiger partial charge in [-0.2, -0.15) is 13.2 Å². The van der Waals surface area contributed by atoms with Gasteiger partial charge in [-0.05, 0) is 50.6 Å². The lowest BCUT2D eigenvalue weighted by Crippen LogP contribution is -2.27. The predicted octanol–water partition coefficient (Wildman–Crippen LogP) is 4.49. The zero-order valence-corrected chi connectivity index (χ0v) is 12.2. The summed E-state index contributed by atoms with van der Waals surface area (Å²) in [4.78, 5) is 15.8. The number of nitrogens with zero attached hydrogens (tertiary/aromatic N) is 2. The van der Waals surface area contributed by atoms with E-state index in [1.807, 2.05) is 0 Å². The Kier molecular flexibility index (Phi) is 3.65. The van der Waals surface area contributed by atoms with Gasteiger partial charge < -0.3 is 4.74 Å². The van der Waals surface area contributed by atoms with Gasteiger partial charge in [0.05, 0.1) is 16.6 Å². The molecule has 0 N–H and O–H groups in total. The number of rotatable bonds is 0. The van der Waals surface area contributed by atoms with Gasteiger partial charge in [0.2, 0.25) is 5.28 Å². The monoisotopic (exact) mass is 320 g/mol. The number of aromatic nitrogens is 2. The van der Waals surface area contributed by atoms with Gasteiger partial charge in [0, 0.05) is 0 Å². The Morgan fingerprint density at radius 1 is 1.29 bits per heavy atom. The van der Waals surface area contributed by atoms with Gasteiger partial charge in [-0.1, -0.05) is 0 Å². The number of carbonyl (C=O) groups is 1. The maximum Gasteiger partial charge on any atom is 0.421 e. The predicted molar refractivity (Wildman–Crippen MR) is 71.4 cm³/mol. The first-order valence-corrected chi connectivity index (χ1v) is 6.35. The average Bonchev–Trinajstić information content (AvgIpc) is 2.59. The summed E-state index contributed by atoms with van der Waals surface area (Å²) in [6.45, 7) is 5.00. The molecule has 2 rings (SSSR count). The van der Waals surface area contributed by atoms with Crippen LogP contribution in [0.2, 0.25) is 5.28 Å². The van der Waals surface area contributed by atoms with Crippen LogP contribution in [0, 0.1) is 0 Å². The van der Waals surface area contributed by atoms with Crippen molar-refractivity contribution in [3.8, 4) is 0 Å². The van der Waals surface area contributed by atoms with Crippen molar-refractivity contribution in [3.63, 3.8) is 0 Å². The van der Waals surface area contributed by atoms with Crippen LogP contribution in [0.5, 0.6) is 0 Å². The maximum absolute atomic E-state index is 12.6. The lowest BCUT2D eigenvalue weighted by molar-refractivity contribution is -0.137. The Morgan fingerprint density at radius 2 is 1.90 bits per heavy atom. The van der Waals surface area contributed by atoms with Crippen molar-refractivity contribution in [3.05, 3.63) is 29.0 Å². The summed E-state index contributed by atoms with van der Waals surface area (Å²) < 4.78 is 44.0. The molecule has 0 aliphatic carbocycles. The van der Waals surface area contributed by atoms with E-state index in [-0.39, 0.29) is 16.3 Å². The van der Waals surface area contributed by atoms with Crippen LogP contribution in [0.4, 0.5) is 18.0 Å². The molecule has 0 atom stereocenters. The van der Waals surface area contributed by atoms with Gasteiger partial charge in [0.15, 0.2) is 0 Å². The molecule has 0 unspecified atom stereocenters. The second kappa shape index (κ2) is 4.91. The van der Waals surface area contributed by atoms with E-state index >= 15 is 0 Å². The van der Waals surface area contributed by atoms with Gasteiger partial charge in [-0.3, -0.25) is 0 Å². The standard InChI is InChI=1S/C13H12ClF3N2O2/c1-12(2,3)21-11(20)19-9-5-4-7(13(15,16)17)6-8(9)18-10(19)14/h4-6H,1-3H3. The minimum absolute atomic E-state index is 0.0271. The minimum Gasteiger partial charge on any atom is -0.443 e. The van der Waals surface area contributed by atoms with Crippen molar-refractivity contribution in [1.29, 1.82) is 0 Å². The summed E-state index contributed by atoms with van der Waals surface area (Å²) in [7, 11) is 0. The third-order valence-electron chi connectivity index (χ3n) is 2.52. The third-order valence-corrected chi connectivity index (χ3v) is 2.77. The lowest BCUT2D eigenvalue weighted by Gasteiger charge is -2.19. The molecule has 0 fully saturated rings. The summed E-state index contributed by atoms with van der Waals surface area (Å²) in [5, 5.41) is -0.251. The molecule has 0 spiro atoms. The normalized spacial score (nSPS) is 12.7. The molecule has 21 heavy (non-hydrogen) atoms. The van der Waals surface area contributed by atoms with Crippen molar-refractivity contribution in [2.24, 2.45) is 0 Å². The molecule has 2 aromatic rings. The fraction of sp³-hybridized carbons (Fsp3) is 0.385. The first-order chi connectivity index (χ1) is 9.49. The smallest absolute Gasteiger partial charge is 0.421 e. The highest BCUT2D eigenvalue weighted by atomic mass is 35.5. The van der Waals surface area contributed by atoms with E-state index in [0.717, 1.165) is 22.8 Å². The zero-order chi connectivity index (χ0) is 16.0. The van der Waals surface area contributed by atoms with Gasteiger partial charge in [-0.15, -0.1) is 0 Å². The zero-order valence-electron chi connectivity index (χ0n) is 11.5. The average molecular weight is 321 g/mol. The van der Waals surface area contributed by atoms with Gasteiger partial charge in [0.1, 0.15) is 5.60 Å². The fourth-order valence-electron chi connectivity index (χ4n) is 1.71. The highest BCUT2D eigenvalue weighted by Gasteiger charge is 2.31. The van der Waals surface area contributed by atoms with Crippen molar-refractivity contribution in [1.82, 2.24) is 9.55 Å². The molecule has 0 radical (unpaired) electrons. The summed E-state index contributed by atoms with van der Waals surface area (Å²) in [5.74, 6) is 0.